The predicted molar refractivity (Wildman–Crippen MR) is 98.0 cm³/mol. The van der Waals surface area contributed by atoms with Crippen LogP contribution in [0.1, 0.15) is 50.4 Å². The Balaban J connectivity index is 1.99. The van der Waals surface area contributed by atoms with E-state index in [4.69, 9.17) is 4.42 Å². The maximum atomic E-state index is 5.19. The van der Waals surface area contributed by atoms with Crippen LogP contribution in [0.4, 0.5) is 0 Å². The van der Waals surface area contributed by atoms with Gasteiger partial charge in [0.15, 0.2) is 0 Å². The molecular weight excluding hydrogens is 284 g/mol. The molecule has 0 N–H and O–H groups in total. The van der Waals surface area contributed by atoms with E-state index in [2.05, 4.69) is 35.3 Å². The Kier molecular flexibility index (Phi) is 7.61. The molecule has 0 fully saturated rings. The lowest BCUT2D eigenvalue weighted by atomic mass is 10.0. The lowest BCUT2D eigenvalue weighted by molar-refractivity contribution is 0.560. The van der Waals surface area contributed by atoms with Crippen molar-refractivity contribution in [1.29, 1.82) is 0 Å². The van der Waals surface area contributed by atoms with Crippen molar-refractivity contribution in [3.63, 3.8) is 0 Å². The van der Waals surface area contributed by atoms with Gasteiger partial charge >= 0.3 is 0 Å². The zero-order chi connectivity index (χ0) is 16.2. The van der Waals surface area contributed by atoms with Gasteiger partial charge in [-0.05, 0) is 36.1 Å². The first-order chi connectivity index (χ1) is 11.4. The Bertz CT molecular complexity index is 625. The number of unbranched alkanes of at least 4 members (excludes halogenated alkanes) is 3. The first kappa shape index (κ1) is 16.9. The highest BCUT2D eigenvalue weighted by Crippen LogP contribution is 2.13. The normalized spacial score (nSPS) is 12.5. The molecule has 0 atom stereocenters. The molecule has 0 aliphatic carbocycles. The first-order valence-corrected chi connectivity index (χ1v) is 8.24. The van der Waals surface area contributed by atoms with Gasteiger partial charge in [0.25, 0.3) is 0 Å². The van der Waals surface area contributed by atoms with Gasteiger partial charge in [-0.1, -0.05) is 62.6 Å². The lowest BCUT2D eigenvalue weighted by Gasteiger charge is -2.02. The van der Waals surface area contributed by atoms with Crippen LogP contribution in [0.5, 0.6) is 0 Å². The summed E-state index contributed by atoms with van der Waals surface area (Å²) in [6, 6.07) is 14.0. The van der Waals surface area contributed by atoms with E-state index in [1.165, 1.54) is 36.8 Å². The summed E-state index contributed by atoms with van der Waals surface area (Å²) in [5.41, 5.74) is 2.39. The summed E-state index contributed by atoms with van der Waals surface area (Å²) in [5.74, 6) is 0.707. The van der Waals surface area contributed by atoms with Gasteiger partial charge in [0, 0.05) is 0 Å². The number of hydrogen-bond donors (Lipinski definition) is 0. The van der Waals surface area contributed by atoms with Crippen molar-refractivity contribution in [2.45, 2.75) is 39.0 Å². The average molecular weight is 308 g/mol. The molecule has 23 heavy (non-hydrogen) atoms. The summed E-state index contributed by atoms with van der Waals surface area (Å²) >= 11 is 0. The van der Waals surface area contributed by atoms with Crippen LogP contribution in [0.3, 0.4) is 0 Å². The van der Waals surface area contributed by atoms with Crippen LogP contribution in [-0.2, 0) is 0 Å². The molecule has 1 aromatic heterocycles. The Morgan fingerprint density at radius 3 is 2.61 bits per heavy atom. The Hall–Kier alpha value is -2.42. The number of furan rings is 1. The van der Waals surface area contributed by atoms with Crippen LogP contribution in [-0.4, -0.2) is 12.4 Å². The predicted octanol–water partition coefficient (Wildman–Crippen LogP) is 5.74. The molecule has 0 radical (unpaired) electrons. The Morgan fingerprint density at radius 1 is 1.00 bits per heavy atom. The van der Waals surface area contributed by atoms with Gasteiger partial charge in [-0.15, -0.1) is 0 Å². The van der Waals surface area contributed by atoms with E-state index in [0.29, 0.717) is 5.76 Å². The Labute approximate surface area is 138 Å². The van der Waals surface area contributed by atoms with Gasteiger partial charge in [-0.3, -0.25) is 0 Å². The topological polar surface area (TPSA) is 37.9 Å². The minimum absolute atomic E-state index is 0.707. The van der Waals surface area contributed by atoms with Crippen molar-refractivity contribution in [2.75, 3.05) is 0 Å². The molecule has 0 saturated heterocycles. The molecule has 3 nitrogen and oxygen atoms in total. The summed E-state index contributed by atoms with van der Waals surface area (Å²) < 4.78 is 5.19. The monoisotopic (exact) mass is 308 g/mol. The van der Waals surface area contributed by atoms with Crippen LogP contribution in [0.25, 0.3) is 6.08 Å². The molecule has 2 rings (SSSR count). The zero-order valence-electron chi connectivity index (χ0n) is 13.7. The van der Waals surface area contributed by atoms with E-state index in [1.54, 1.807) is 12.5 Å². The summed E-state index contributed by atoms with van der Waals surface area (Å²) in [7, 11) is 0. The van der Waals surface area contributed by atoms with E-state index in [0.717, 1.165) is 6.42 Å². The fraction of sp³-hybridized carbons (Fsp3) is 0.300. The van der Waals surface area contributed by atoms with Crippen LogP contribution >= 0.6 is 0 Å². The third-order valence-corrected chi connectivity index (χ3v) is 3.49. The second-order valence-corrected chi connectivity index (χ2v) is 5.45. The van der Waals surface area contributed by atoms with E-state index >= 15 is 0 Å². The number of benzene rings is 1. The molecule has 0 aliphatic rings. The second kappa shape index (κ2) is 10.3. The average Bonchev–Trinajstić information content (AvgIpc) is 3.09. The summed E-state index contributed by atoms with van der Waals surface area (Å²) in [6.45, 7) is 2.23. The summed E-state index contributed by atoms with van der Waals surface area (Å²) in [4.78, 5) is 0. The van der Waals surface area contributed by atoms with Gasteiger partial charge < -0.3 is 4.42 Å². The summed E-state index contributed by atoms with van der Waals surface area (Å²) in [5, 5.41) is 8.21. The van der Waals surface area contributed by atoms with Gasteiger partial charge in [0.1, 0.15) is 5.76 Å². The molecule has 1 heterocycles. The van der Waals surface area contributed by atoms with Crippen molar-refractivity contribution >= 4 is 18.5 Å². The maximum Gasteiger partial charge on any atom is 0.146 e. The van der Waals surface area contributed by atoms with E-state index in [-0.39, 0.29) is 0 Å². The SMILES string of the molecule is CCCCCCC(C=NN=Cc1ccco1)=Cc1ccccc1. The molecule has 0 spiro atoms. The van der Waals surface area contributed by atoms with Crippen molar-refractivity contribution in [3.8, 4) is 0 Å². The highest BCUT2D eigenvalue weighted by atomic mass is 16.3. The number of rotatable bonds is 9. The molecule has 1 aromatic carbocycles. The number of allylic oxidation sites excluding steroid dienone is 1. The van der Waals surface area contributed by atoms with E-state index in [1.807, 2.05) is 36.5 Å². The van der Waals surface area contributed by atoms with Crippen molar-refractivity contribution in [3.05, 3.63) is 65.6 Å². The lowest BCUT2D eigenvalue weighted by Crippen LogP contribution is -1.87. The fourth-order valence-electron chi connectivity index (χ4n) is 2.26. The molecule has 0 amide bonds. The molecule has 0 bridgehead atoms. The summed E-state index contributed by atoms with van der Waals surface area (Å²) in [6.07, 6.45) is 13.3. The smallest absolute Gasteiger partial charge is 0.146 e. The molecule has 2 aromatic rings. The highest BCUT2D eigenvalue weighted by Gasteiger charge is 1.96. The number of hydrogen-bond acceptors (Lipinski definition) is 3. The third-order valence-electron chi connectivity index (χ3n) is 3.49. The van der Waals surface area contributed by atoms with Crippen molar-refractivity contribution in [2.24, 2.45) is 10.2 Å². The van der Waals surface area contributed by atoms with Crippen LogP contribution in [0.15, 0.2) is 68.9 Å². The van der Waals surface area contributed by atoms with Gasteiger partial charge in [-0.2, -0.15) is 10.2 Å². The van der Waals surface area contributed by atoms with Gasteiger partial charge in [0.05, 0.1) is 18.7 Å². The minimum Gasteiger partial charge on any atom is -0.463 e. The van der Waals surface area contributed by atoms with Gasteiger partial charge in [0.2, 0.25) is 0 Å². The van der Waals surface area contributed by atoms with Crippen LogP contribution in [0.2, 0.25) is 0 Å². The van der Waals surface area contributed by atoms with Gasteiger partial charge in [-0.25, -0.2) is 0 Å². The largest absolute Gasteiger partial charge is 0.463 e. The fourth-order valence-corrected chi connectivity index (χ4v) is 2.26. The van der Waals surface area contributed by atoms with E-state index < -0.39 is 0 Å². The molecule has 0 saturated carbocycles. The third kappa shape index (κ3) is 6.92. The maximum absolute atomic E-state index is 5.19. The standard InChI is InChI=1S/C20H24N2O/c1-2-3-4-6-12-19(15-18-10-7-5-8-11-18)16-21-22-17-20-13-9-14-23-20/h5,7-11,13-17H,2-4,6,12H2,1H3. The highest BCUT2D eigenvalue weighted by molar-refractivity contribution is 5.86. The Morgan fingerprint density at radius 2 is 1.87 bits per heavy atom. The first-order valence-electron chi connectivity index (χ1n) is 8.24. The van der Waals surface area contributed by atoms with E-state index in [9.17, 15) is 0 Å². The van der Waals surface area contributed by atoms with Crippen LogP contribution < -0.4 is 0 Å². The quantitative estimate of drug-likeness (QED) is 0.331. The molecule has 3 heteroatoms. The molecule has 0 aliphatic heterocycles. The van der Waals surface area contributed by atoms with Crippen molar-refractivity contribution < 1.29 is 4.42 Å². The number of nitrogens with zero attached hydrogens (tertiary/aromatic N) is 2. The zero-order valence-corrected chi connectivity index (χ0v) is 13.7. The van der Waals surface area contributed by atoms with Crippen molar-refractivity contribution in [1.82, 2.24) is 0 Å². The minimum atomic E-state index is 0.707. The molecule has 0 unspecified atom stereocenters. The second-order valence-electron chi connectivity index (χ2n) is 5.45. The molecule has 120 valence electrons. The molecular formula is C20H24N2O. The van der Waals surface area contributed by atoms with Crippen LogP contribution in [0, 0.1) is 0 Å².